The zero-order valence-corrected chi connectivity index (χ0v) is 13.2. The number of hydrogen-bond donors (Lipinski definition) is 0. The van der Waals surface area contributed by atoms with Crippen molar-refractivity contribution in [3.8, 4) is 0 Å². The van der Waals surface area contributed by atoms with E-state index in [9.17, 15) is 14.3 Å². The first-order valence-corrected chi connectivity index (χ1v) is 8.39. The van der Waals surface area contributed by atoms with E-state index in [-0.39, 0.29) is 16.3 Å². The van der Waals surface area contributed by atoms with Gasteiger partial charge in [0.1, 0.15) is 20.9 Å². The van der Waals surface area contributed by atoms with Crippen molar-refractivity contribution < 1.29 is 9.13 Å². The standard InChI is InChI=1S/C17H11N3O3S/c21-20(22)15-8-4-2-6-13(15)17-18-10-12-9-11-5-1-3-7-14(11)19-16(12)24(17)23/h1-9H,10H2. The van der Waals surface area contributed by atoms with Crippen molar-refractivity contribution in [3.05, 3.63) is 75.8 Å². The second-order valence-electron chi connectivity index (χ2n) is 5.31. The molecule has 1 aliphatic heterocycles. The SMILES string of the molecule is O=[N+]([O-])c1ccccc1C1=NCc2cc3ccccc3nc2S1=O. The first-order chi connectivity index (χ1) is 11.6. The number of pyridine rings is 1. The number of aromatic nitrogens is 1. The average molecular weight is 337 g/mol. The van der Waals surface area contributed by atoms with Crippen molar-refractivity contribution in [3.63, 3.8) is 0 Å². The van der Waals surface area contributed by atoms with Crippen LogP contribution >= 0.6 is 0 Å². The molecule has 24 heavy (non-hydrogen) atoms. The third kappa shape index (κ3) is 2.30. The van der Waals surface area contributed by atoms with Crippen LogP contribution in [0.25, 0.3) is 10.9 Å². The minimum Gasteiger partial charge on any atom is -0.270 e. The zero-order chi connectivity index (χ0) is 16.7. The number of nitro groups is 1. The van der Waals surface area contributed by atoms with Crippen LogP contribution in [0.15, 0.2) is 64.6 Å². The maximum atomic E-state index is 12.9. The summed E-state index contributed by atoms with van der Waals surface area (Å²) in [6, 6.07) is 15.7. The Bertz CT molecular complexity index is 1050. The molecule has 4 rings (SSSR count). The van der Waals surface area contributed by atoms with Crippen molar-refractivity contribution in [2.45, 2.75) is 11.6 Å². The lowest BCUT2D eigenvalue weighted by Gasteiger charge is -2.16. The van der Waals surface area contributed by atoms with Crippen molar-refractivity contribution in [1.82, 2.24) is 4.98 Å². The Kier molecular flexibility index (Phi) is 3.42. The summed E-state index contributed by atoms with van der Waals surface area (Å²) in [4.78, 5) is 19.6. The Hall–Kier alpha value is -2.93. The van der Waals surface area contributed by atoms with Crippen LogP contribution in [0.1, 0.15) is 11.1 Å². The number of para-hydroxylation sites is 2. The number of nitrogens with zero attached hydrogens (tertiary/aromatic N) is 3. The topological polar surface area (TPSA) is 85.5 Å². The van der Waals surface area contributed by atoms with Gasteiger partial charge in [0.15, 0.2) is 0 Å². The van der Waals surface area contributed by atoms with Crippen LogP contribution in [0.2, 0.25) is 0 Å². The third-order valence-electron chi connectivity index (χ3n) is 3.84. The Morgan fingerprint density at radius 3 is 2.67 bits per heavy atom. The molecule has 3 aromatic rings. The van der Waals surface area contributed by atoms with Gasteiger partial charge in [0.25, 0.3) is 5.69 Å². The summed E-state index contributed by atoms with van der Waals surface area (Å²) in [6.45, 7) is 0.306. The van der Waals surface area contributed by atoms with Crippen molar-refractivity contribution in [2.24, 2.45) is 4.99 Å². The molecule has 1 aliphatic rings. The summed E-state index contributed by atoms with van der Waals surface area (Å²) < 4.78 is 12.9. The molecule has 0 saturated heterocycles. The first-order valence-electron chi connectivity index (χ1n) is 7.24. The van der Waals surface area contributed by atoms with Gasteiger partial charge in [-0.15, -0.1) is 0 Å². The summed E-state index contributed by atoms with van der Waals surface area (Å²) in [5, 5.41) is 12.8. The quantitative estimate of drug-likeness (QED) is 0.531. The largest absolute Gasteiger partial charge is 0.279 e. The number of benzene rings is 2. The lowest BCUT2D eigenvalue weighted by Crippen LogP contribution is -2.19. The maximum Gasteiger partial charge on any atom is 0.279 e. The Morgan fingerprint density at radius 1 is 1.08 bits per heavy atom. The Morgan fingerprint density at radius 2 is 1.83 bits per heavy atom. The monoisotopic (exact) mass is 337 g/mol. The van der Waals surface area contributed by atoms with Crippen LogP contribution in [0.5, 0.6) is 0 Å². The Balaban J connectivity index is 1.86. The predicted octanol–water partition coefficient (Wildman–Crippen LogP) is 3.21. The molecule has 0 bridgehead atoms. The molecule has 0 spiro atoms. The fourth-order valence-electron chi connectivity index (χ4n) is 2.72. The highest BCUT2D eigenvalue weighted by Crippen LogP contribution is 2.29. The molecule has 1 aromatic heterocycles. The molecule has 0 fully saturated rings. The van der Waals surface area contributed by atoms with Gasteiger partial charge in [-0.1, -0.05) is 30.3 Å². The summed E-state index contributed by atoms with van der Waals surface area (Å²) in [5.74, 6) is 0. The fourth-order valence-corrected chi connectivity index (χ4v) is 4.00. The summed E-state index contributed by atoms with van der Waals surface area (Å²) in [7, 11) is -1.65. The highest BCUT2D eigenvalue weighted by atomic mass is 32.2. The van der Waals surface area contributed by atoms with Crippen LogP contribution in [0.3, 0.4) is 0 Å². The summed E-state index contributed by atoms with van der Waals surface area (Å²) in [5.41, 5.74) is 1.71. The Labute approximate surface area is 139 Å². The van der Waals surface area contributed by atoms with Gasteiger partial charge in [-0.2, -0.15) is 0 Å². The minimum atomic E-state index is -1.65. The van der Waals surface area contributed by atoms with Crippen molar-refractivity contribution in [1.29, 1.82) is 0 Å². The molecule has 0 amide bonds. The average Bonchev–Trinajstić information content (AvgIpc) is 2.61. The lowest BCUT2D eigenvalue weighted by molar-refractivity contribution is -0.385. The van der Waals surface area contributed by atoms with Crippen LogP contribution < -0.4 is 0 Å². The van der Waals surface area contributed by atoms with Crippen molar-refractivity contribution >= 4 is 32.4 Å². The molecular formula is C17H11N3O3S. The van der Waals surface area contributed by atoms with Gasteiger partial charge in [0, 0.05) is 17.0 Å². The molecule has 2 aromatic carbocycles. The van der Waals surface area contributed by atoms with Crippen LogP contribution in [-0.4, -0.2) is 19.2 Å². The molecule has 118 valence electrons. The van der Waals surface area contributed by atoms with Crippen LogP contribution in [0.4, 0.5) is 5.69 Å². The first kappa shape index (κ1) is 14.6. The maximum absolute atomic E-state index is 12.9. The van der Waals surface area contributed by atoms with Crippen LogP contribution in [0, 0.1) is 10.1 Å². The van der Waals surface area contributed by atoms with E-state index >= 15 is 0 Å². The molecular weight excluding hydrogens is 326 g/mol. The lowest BCUT2D eigenvalue weighted by atomic mass is 10.1. The van der Waals surface area contributed by atoms with Gasteiger partial charge < -0.3 is 0 Å². The van der Waals surface area contributed by atoms with Gasteiger partial charge in [0.2, 0.25) is 0 Å². The normalized spacial score (nSPS) is 16.5. The predicted molar refractivity (Wildman–Crippen MR) is 91.5 cm³/mol. The number of aliphatic imine (C=N–C) groups is 1. The molecule has 7 heteroatoms. The molecule has 0 aliphatic carbocycles. The molecule has 0 N–H and O–H groups in total. The summed E-state index contributed by atoms with van der Waals surface area (Å²) in [6.07, 6.45) is 0. The van der Waals surface area contributed by atoms with Gasteiger partial charge >= 0.3 is 0 Å². The zero-order valence-electron chi connectivity index (χ0n) is 12.4. The number of rotatable bonds is 2. The van der Waals surface area contributed by atoms with E-state index in [0.717, 1.165) is 16.5 Å². The number of fused-ring (bicyclic) bond motifs is 2. The van der Waals surface area contributed by atoms with E-state index in [1.165, 1.54) is 6.07 Å². The summed E-state index contributed by atoms with van der Waals surface area (Å²) >= 11 is 0. The second-order valence-corrected chi connectivity index (χ2v) is 6.62. The van der Waals surface area contributed by atoms with Gasteiger partial charge in [-0.3, -0.25) is 15.1 Å². The van der Waals surface area contributed by atoms with E-state index in [1.54, 1.807) is 18.2 Å². The molecule has 0 saturated carbocycles. The van der Waals surface area contributed by atoms with Crippen LogP contribution in [-0.2, 0) is 17.3 Å². The van der Waals surface area contributed by atoms with E-state index < -0.39 is 15.7 Å². The highest BCUT2D eigenvalue weighted by Gasteiger charge is 2.28. The number of hydrogen-bond acceptors (Lipinski definition) is 5. The van der Waals surface area contributed by atoms with E-state index in [0.29, 0.717) is 11.6 Å². The minimum absolute atomic E-state index is 0.103. The van der Waals surface area contributed by atoms with E-state index in [1.807, 2.05) is 30.3 Å². The molecule has 0 radical (unpaired) electrons. The molecule has 1 atom stereocenters. The fraction of sp³-hybridized carbons (Fsp3) is 0.0588. The smallest absolute Gasteiger partial charge is 0.270 e. The van der Waals surface area contributed by atoms with E-state index in [4.69, 9.17) is 0 Å². The number of nitro benzene ring substituents is 1. The molecule has 1 unspecified atom stereocenters. The molecule has 6 nitrogen and oxygen atoms in total. The highest BCUT2D eigenvalue weighted by molar-refractivity contribution is 8.01. The van der Waals surface area contributed by atoms with E-state index in [2.05, 4.69) is 9.98 Å². The van der Waals surface area contributed by atoms with Gasteiger partial charge in [0.05, 0.1) is 22.5 Å². The van der Waals surface area contributed by atoms with Crippen molar-refractivity contribution in [2.75, 3.05) is 0 Å². The van der Waals surface area contributed by atoms with Gasteiger partial charge in [-0.05, 0) is 18.2 Å². The molecule has 2 heterocycles. The van der Waals surface area contributed by atoms with Gasteiger partial charge in [-0.25, -0.2) is 9.19 Å². The second kappa shape index (κ2) is 5.61. The third-order valence-corrected chi connectivity index (χ3v) is 5.24.